The fourth-order valence-electron chi connectivity index (χ4n) is 1.69. The maximum absolute atomic E-state index is 5.75. The van der Waals surface area contributed by atoms with Crippen LogP contribution >= 0.6 is 0 Å². The van der Waals surface area contributed by atoms with E-state index in [-0.39, 0.29) is 12.0 Å². The van der Waals surface area contributed by atoms with E-state index < -0.39 is 0 Å². The lowest BCUT2D eigenvalue weighted by Crippen LogP contribution is -2.07. The van der Waals surface area contributed by atoms with Gasteiger partial charge in [-0.1, -0.05) is 11.2 Å². The molecule has 0 bridgehead atoms. The first-order chi connectivity index (χ1) is 8.61. The summed E-state index contributed by atoms with van der Waals surface area (Å²) >= 11 is 0. The average molecular weight is 248 g/mol. The Bertz CT molecular complexity index is 535. The second-order valence-corrected chi connectivity index (χ2v) is 4.11. The highest BCUT2D eigenvalue weighted by Crippen LogP contribution is 2.38. The number of benzene rings is 1. The number of aromatic nitrogens is 1. The largest absolute Gasteiger partial charge is 0.496 e. The molecule has 2 N–H and O–H groups in total. The molecule has 0 amide bonds. The van der Waals surface area contributed by atoms with Gasteiger partial charge in [0.15, 0.2) is 0 Å². The van der Waals surface area contributed by atoms with E-state index in [1.54, 1.807) is 13.2 Å². The van der Waals surface area contributed by atoms with E-state index in [9.17, 15) is 0 Å². The molecule has 0 unspecified atom stereocenters. The fourth-order valence-corrected chi connectivity index (χ4v) is 1.69. The Morgan fingerprint density at radius 3 is 2.56 bits per heavy atom. The molecule has 0 saturated carbocycles. The highest BCUT2D eigenvalue weighted by atomic mass is 16.5. The molecular formula is C13H16N2O3. The van der Waals surface area contributed by atoms with E-state index in [1.807, 2.05) is 32.0 Å². The molecular weight excluding hydrogens is 232 g/mol. The minimum Gasteiger partial charge on any atom is -0.496 e. The summed E-state index contributed by atoms with van der Waals surface area (Å²) in [6.07, 6.45) is 0.0557. The van der Waals surface area contributed by atoms with Crippen LogP contribution in [0, 0.1) is 0 Å². The van der Waals surface area contributed by atoms with Crippen LogP contribution in [0.4, 0.5) is 5.88 Å². The van der Waals surface area contributed by atoms with E-state index in [4.69, 9.17) is 19.7 Å². The van der Waals surface area contributed by atoms with Crippen molar-refractivity contribution in [3.05, 3.63) is 24.3 Å². The Morgan fingerprint density at radius 2 is 2.00 bits per heavy atom. The molecule has 2 aromatic rings. The minimum atomic E-state index is 0.0557. The zero-order chi connectivity index (χ0) is 13.1. The lowest BCUT2D eigenvalue weighted by Gasteiger charge is -2.15. The number of nitrogens with zero attached hydrogens (tertiary/aromatic N) is 1. The molecule has 0 atom stereocenters. The van der Waals surface area contributed by atoms with Crippen LogP contribution in [0.2, 0.25) is 0 Å². The van der Waals surface area contributed by atoms with Gasteiger partial charge in [0.05, 0.1) is 18.8 Å². The van der Waals surface area contributed by atoms with Crippen molar-refractivity contribution in [1.82, 2.24) is 5.16 Å². The van der Waals surface area contributed by atoms with Crippen LogP contribution in [0.15, 0.2) is 28.8 Å². The van der Waals surface area contributed by atoms with Gasteiger partial charge in [-0.2, -0.15) is 0 Å². The third-order valence-electron chi connectivity index (χ3n) is 2.36. The third-order valence-corrected chi connectivity index (χ3v) is 2.36. The first-order valence-electron chi connectivity index (χ1n) is 5.68. The smallest absolute Gasteiger partial charge is 0.222 e. The standard InChI is InChI=1S/C13H16N2O3/c1-8(2)17-11-6-4-5-10(16-3)13(11)9-7-12(14)18-15-9/h4-8H,14H2,1-3H3. The molecule has 1 aromatic heterocycles. The summed E-state index contributed by atoms with van der Waals surface area (Å²) in [7, 11) is 1.60. The molecule has 0 aliphatic carbocycles. The third kappa shape index (κ3) is 2.40. The van der Waals surface area contributed by atoms with E-state index >= 15 is 0 Å². The van der Waals surface area contributed by atoms with Crippen LogP contribution in [0.1, 0.15) is 13.8 Å². The molecule has 2 rings (SSSR count). The highest BCUT2D eigenvalue weighted by Gasteiger charge is 2.17. The number of ether oxygens (including phenoxy) is 2. The Morgan fingerprint density at radius 1 is 1.28 bits per heavy atom. The van der Waals surface area contributed by atoms with Crippen molar-refractivity contribution in [2.45, 2.75) is 20.0 Å². The number of hydrogen-bond acceptors (Lipinski definition) is 5. The Hall–Kier alpha value is -2.17. The molecule has 0 radical (unpaired) electrons. The van der Waals surface area contributed by atoms with E-state index in [0.717, 1.165) is 5.56 Å². The SMILES string of the molecule is COc1cccc(OC(C)C)c1-c1cc(N)on1. The number of nitrogens with two attached hydrogens (primary N) is 1. The van der Waals surface area contributed by atoms with Gasteiger partial charge < -0.3 is 19.7 Å². The fraction of sp³-hybridized carbons (Fsp3) is 0.308. The topological polar surface area (TPSA) is 70.5 Å². The molecule has 18 heavy (non-hydrogen) atoms. The molecule has 0 aliphatic rings. The normalized spacial score (nSPS) is 10.7. The maximum Gasteiger partial charge on any atom is 0.222 e. The molecule has 0 fully saturated rings. The number of rotatable bonds is 4. The Balaban J connectivity index is 2.54. The summed E-state index contributed by atoms with van der Waals surface area (Å²) in [5, 5.41) is 3.90. The van der Waals surface area contributed by atoms with E-state index in [2.05, 4.69) is 5.16 Å². The van der Waals surface area contributed by atoms with Crippen LogP contribution in [0.3, 0.4) is 0 Å². The zero-order valence-electron chi connectivity index (χ0n) is 10.6. The zero-order valence-corrected chi connectivity index (χ0v) is 10.6. The summed E-state index contributed by atoms with van der Waals surface area (Å²) in [4.78, 5) is 0. The van der Waals surface area contributed by atoms with Crippen molar-refractivity contribution in [3.63, 3.8) is 0 Å². The predicted molar refractivity (Wildman–Crippen MR) is 68.7 cm³/mol. The minimum absolute atomic E-state index is 0.0557. The summed E-state index contributed by atoms with van der Waals surface area (Å²) < 4.78 is 16.0. The van der Waals surface area contributed by atoms with Crippen molar-refractivity contribution in [2.75, 3.05) is 12.8 Å². The first kappa shape index (κ1) is 12.3. The van der Waals surface area contributed by atoms with E-state index in [1.165, 1.54) is 0 Å². The molecule has 96 valence electrons. The van der Waals surface area contributed by atoms with Crippen molar-refractivity contribution in [1.29, 1.82) is 0 Å². The van der Waals surface area contributed by atoms with Crippen molar-refractivity contribution < 1.29 is 14.0 Å². The molecule has 5 heteroatoms. The second kappa shape index (κ2) is 5.00. The Kier molecular flexibility index (Phi) is 3.41. The van der Waals surface area contributed by atoms with Gasteiger partial charge in [-0.25, -0.2) is 0 Å². The van der Waals surface area contributed by atoms with Crippen molar-refractivity contribution in [3.8, 4) is 22.8 Å². The second-order valence-electron chi connectivity index (χ2n) is 4.11. The van der Waals surface area contributed by atoms with Crippen molar-refractivity contribution >= 4 is 5.88 Å². The van der Waals surface area contributed by atoms with Crippen LogP contribution in [-0.2, 0) is 0 Å². The summed E-state index contributed by atoms with van der Waals surface area (Å²) in [6, 6.07) is 7.21. The number of hydrogen-bond donors (Lipinski definition) is 1. The van der Waals surface area contributed by atoms with Gasteiger partial charge in [0.25, 0.3) is 0 Å². The van der Waals surface area contributed by atoms with Crippen molar-refractivity contribution in [2.24, 2.45) is 0 Å². The lowest BCUT2D eigenvalue weighted by molar-refractivity contribution is 0.242. The highest BCUT2D eigenvalue weighted by molar-refractivity contribution is 5.75. The van der Waals surface area contributed by atoms with Gasteiger partial charge in [0.2, 0.25) is 5.88 Å². The maximum atomic E-state index is 5.75. The summed E-state index contributed by atoms with van der Waals surface area (Å²) in [6.45, 7) is 3.92. The average Bonchev–Trinajstić information content (AvgIpc) is 2.74. The predicted octanol–water partition coefficient (Wildman–Crippen LogP) is 2.72. The van der Waals surface area contributed by atoms with Gasteiger partial charge in [0.1, 0.15) is 17.2 Å². The van der Waals surface area contributed by atoms with Crippen LogP contribution in [0.25, 0.3) is 11.3 Å². The van der Waals surface area contributed by atoms with Crippen LogP contribution < -0.4 is 15.2 Å². The van der Waals surface area contributed by atoms with Gasteiger partial charge >= 0.3 is 0 Å². The molecule has 0 saturated heterocycles. The van der Waals surface area contributed by atoms with Crippen LogP contribution in [0.5, 0.6) is 11.5 Å². The van der Waals surface area contributed by atoms with Gasteiger partial charge in [-0.3, -0.25) is 0 Å². The van der Waals surface area contributed by atoms with E-state index in [0.29, 0.717) is 17.2 Å². The summed E-state index contributed by atoms with van der Waals surface area (Å²) in [5.74, 6) is 1.62. The number of nitrogen functional groups attached to an aromatic ring is 1. The number of methoxy groups -OCH3 is 1. The number of anilines is 1. The van der Waals surface area contributed by atoms with Gasteiger partial charge in [0, 0.05) is 6.07 Å². The molecule has 0 spiro atoms. The molecule has 1 heterocycles. The lowest BCUT2D eigenvalue weighted by atomic mass is 10.1. The summed E-state index contributed by atoms with van der Waals surface area (Å²) in [5.41, 5.74) is 6.89. The Labute approximate surface area is 105 Å². The first-order valence-corrected chi connectivity index (χ1v) is 5.68. The molecule has 5 nitrogen and oxygen atoms in total. The monoisotopic (exact) mass is 248 g/mol. The molecule has 1 aromatic carbocycles. The van der Waals surface area contributed by atoms with Gasteiger partial charge in [-0.05, 0) is 26.0 Å². The quantitative estimate of drug-likeness (QED) is 0.900. The molecule has 0 aliphatic heterocycles. The van der Waals surface area contributed by atoms with Gasteiger partial charge in [-0.15, -0.1) is 0 Å². The van der Waals surface area contributed by atoms with Crippen LogP contribution in [-0.4, -0.2) is 18.4 Å².